The third kappa shape index (κ3) is 6.98. The average molecular weight is 407 g/mol. The first-order valence-electron chi connectivity index (χ1n) is 5.42. The molecule has 0 heterocycles. The molecule has 0 amide bonds. The van der Waals surface area contributed by atoms with Crippen LogP contribution in [-0.2, 0) is 22.8 Å². The van der Waals surface area contributed by atoms with Gasteiger partial charge in [0, 0.05) is 0 Å². The predicted octanol–water partition coefficient (Wildman–Crippen LogP) is -0.712. The fourth-order valence-corrected chi connectivity index (χ4v) is 6.91. The van der Waals surface area contributed by atoms with Gasteiger partial charge >= 0.3 is 30.4 Å². The summed E-state index contributed by atoms with van der Waals surface area (Å²) in [5, 5.41) is 1.20. The summed E-state index contributed by atoms with van der Waals surface area (Å²) in [4.78, 5) is 63.0. The smallest absolute Gasteiger partial charge is 0.323 e. The van der Waals surface area contributed by atoms with Crippen LogP contribution in [0.4, 0.5) is 0 Å². The van der Waals surface area contributed by atoms with E-state index in [0.29, 0.717) is 0 Å². The maximum atomic E-state index is 11.8. The Morgan fingerprint density at radius 3 is 1.45 bits per heavy atom. The lowest BCUT2D eigenvalue weighted by molar-refractivity contribution is 0.246. The molecule has 0 radical (unpaired) electrons. The molecule has 2 unspecified atom stereocenters. The highest BCUT2D eigenvalue weighted by atomic mass is 31.2. The minimum atomic E-state index is -5.62. The minimum Gasteiger partial charge on any atom is -0.323 e. The zero-order valence-electron chi connectivity index (χ0n) is 11.0. The standard InChI is InChI=1S/C5H17NO12P4/c1-2-3-18-22(16,17)5(21(13,14)15)6-4(19(7,8)9)20(10,11)12/h4-6H,2-3H2,1H3,(H,16,17)(H2,7,8,9)(H2,10,11,12)(H2,13,14,15). The fourth-order valence-electron chi connectivity index (χ4n) is 1.20. The Balaban J connectivity index is 5.76. The SMILES string of the molecule is CCCOP(=O)(O)C(NC(P(=O)(O)O)P(=O)(O)O)P(=O)(O)O. The summed E-state index contributed by atoms with van der Waals surface area (Å²) in [6.45, 7) is 1.07. The molecule has 0 aromatic rings. The second-order valence-electron chi connectivity index (χ2n) is 4.08. The Morgan fingerprint density at radius 2 is 1.18 bits per heavy atom. The lowest BCUT2D eigenvalue weighted by Gasteiger charge is -2.29. The molecule has 22 heavy (non-hydrogen) atoms. The van der Waals surface area contributed by atoms with Crippen molar-refractivity contribution in [2.24, 2.45) is 0 Å². The van der Waals surface area contributed by atoms with Crippen LogP contribution in [0.1, 0.15) is 13.3 Å². The van der Waals surface area contributed by atoms with E-state index in [1.807, 2.05) is 0 Å². The molecule has 8 N–H and O–H groups in total. The highest BCUT2D eigenvalue weighted by molar-refractivity contribution is 7.72. The van der Waals surface area contributed by atoms with Gasteiger partial charge in [0.05, 0.1) is 6.61 Å². The first-order chi connectivity index (χ1) is 9.53. The van der Waals surface area contributed by atoms with Crippen molar-refractivity contribution in [2.45, 2.75) is 24.4 Å². The van der Waals surface area contributed by atoms with Gasteiger partial charge < -0.3 is 38.8 Å². The highest BCUT2D eigenvalue weighted by Gasteiger charge is 2.53. The molecule has 0 bridgehead atoms. The summed E-state index contributed by atoms with van der Waals surface area (Å²) in [5.41, 5.74) is -6.00. The van der Waals surface area contributed by atoms with Gasteiger partial charge in [-0.25, -0.2) is 0 Å². The van der Waals surface area contributed by atoms with Crippen molar-refractivity contribution in [3.05, 3.63) is 0 Å². The Morgan fingerprint density at radius 1 is 0.818 bits per heavy atom. The van der Waals surface area contributed by atoms with Gasteiger partial charge in [-0.15, -0.1) is 0 Å². The van der Waals surface area contributed by atoms with Crippen LogP contribution in [0.5, 0.6) is 0 Å². The van der Waals surface area contributed by atoms with Crippen molar-refractivity contribution in [2.75, 3.05) is 6.61 Å². The van der Waals surface area contributed by atoms with Crippen molar-refractivity contribution >= 4 is 30.4 Å². The van der Waals surface area contributed by atoms with E-state index in [-0.39, 0.29) is 6.42 Å². The van der Waals surface area contributed by atoms with E-state index >= 15 is 0 Å². The molecule has 0 aromatic heterocycles. The van der Waals surface area contributed by atoms with Crippen LogP contribution < -0.4 is 5.32 Å². The molecule has 13 nitrogen and oxygen atoms in total. The maximum Gasteiger partial charge on any atom is 0.357 e. The van der Waals surface area contributed by atoms with E-state index < -0.39 is 48.0 Å². The largest absolute Gasteiger partial charge is 0.357 e. The number of rotatable bonds is 9. The topological polar surface area (TPSA) is 231 Å². The lowest BCUT2D eigenvalue weighted by atomic mass is 10.5. The van der Waals surface area contributed by atoms with Gasteiger partial charge in [0.1, 0.15) is 0 Å². The van der Waals surface area contributed by atoms with Gasteiger partial charge in [0.25, 0.3) is 0 Å². The summed E-state index contributed by atoms with van der Waals surface area (Å²) in [6, 6.07) is 0. The first-order valence-corrected chi connectivity index (χ1v) is 12.1. The van der Waals surface area contributed by atoms with E-state index in [9.17, 15) is 23.2 Å². The van der Waals surface area contributed by atoms with Gasteiger partial charge in [0.15, 0.2) is 0 Å². The molecule has 2 atom stereocenters. The molecule has 0 saturated heterocycles. The van der Waals surface area contributed by atoms with Crippen LogP contribution in [0.25, 0.3) is 0 Å². The molecule has 0 saturated carbocycles. The van der Waals surface area contributed by atoms with E-state index in [1.165, 1.54) is 12.2 Å². The quantitative estimate of drug-likeness (QED) is 0.221. The Kier molecular flexibility index (Phi) is 7.82. The molecule has 17 heteroatoms. The van der Waals surface area contributed by atoms with Crippen LogP contribution in [-0.4, -0.2) is 51.9 Å². The van der Waals surface area contributed by atoms with E-state index in [1.54, 1.807) is 0 Å². The molecular formula is C5H17NO12P4. The molecule has 0 aromatic carbocycles. The number of hydrogen-bond acceptors (Lipinski definition) is 6. The van der Waals surface area contributed by atoms with E-state index in [4.69, 9.17) is 29.4 Å². The second kappa shape index (κ2) is 7.63. The van der Waals surface area contributed by atoms with Crippen LogP contribution in [0.15, 0.2) is 0 Å². The Labute approximate surface area is 124 Å². The summed E-state index contributed by atoms with van der Waals surface area (Å²) >= 11 is 0. The summed E-state index contributed by atoms with van der Waals surface area (Å²) in [7, 11) is -22.0. The number of nitrogens with one attached hydrogen (secondary N) is 1. The fraction of sp³-hybridized carbons (Fsp3) is 1.00. The van der Waals surface area contributed by atoms with Crippen LogP contribution in [0, 0.1) is 0 Å². The van der Waals surface area contributed by atoms with Gasteiger partial charge in [0.2, 0.25) is 11.0 Å². The van der Waals surface area contributed by atoms with Gasteiger partial charge in [-0.2, -0.15) is 0 Å². The average Bonchev–Trinajstić information content (AvgIpc) is 2.20. The minimum absolute atomic E-state index is 0.166. The predicted molar refractivity (Wildman–Crippen MR) is 72.9 cm³/mol. The Bertz CT molecular complexity index is 536. The first kappa shape index (κ1) is 22.6. The molecule has 0 aliphatic heterocycles. The van der Waals surface area contributed by atoms with Crippen molar-refractivity contribution in [1.82, 2.24) is 5.32 Å². The van der Waals surface area contributed by atoms with Crippen LogP contribution in [0.3, 0.4) is 0 Å². The lowest BCUT2D eigenvalue weighted by Crippen LogP contribution is -2.38. The zero-order valence-corrected chi connectivity index (χ0v) is 14.6. The third-order valence-electron chi connectivity index (χ3n) is 2.04. The molecule has 0 spiro atoms. The van der Waals surface area contributed by atoms with Crippen molar-refractivity contribution in [3.63, 3.8) is 0 Å². The van der Waals surface area contributed by atoms with Gasteiger partial charge in [-0.3, -0.25) is 23.6 Å². The number of hydrogen-bond donors (Lipinski definition) is 8. The van der Waals surface area contributed by atoms with Crippen LogP contribution in [0.2, 0.25) is 0 Å². The molecule has 0 aliphatic rings. The van der Waals surface area contributed by atoms with Crippen molar-refractivity contribution < 1.29 is 57.0 Å². The van der Waals surface area contributed by atoms with Crippen molar-refractivity contribution in [1.29, 1.82) is 0 Å². The molecular weight excluding hydrogens is 390 g/mol. The molecule has 0 fully saturated rings. The van der Waals surface area contributed by atoms with Gasteiger partial charge in [-0.05, 0) is 6.42 Å². The molecule has 0 rings (SSSR count). The van der Waals surface area contributed by atoms with E-state index in [2.05, 4.69) is 4.52 Å². The van der Waals surface area contributed by atoms with E-state index in [0.717, 1.165) is 0 Å². The van der Waals surface area contributed by atoms with Crippen molar-refractivity contribution in [3.8, 4) is 0 Å². The molecule has 134 valence electrons. The molecule has 0 aliphatic carbocycles. The van der Waals surface area contributed by atoms with Crippen LogP contribution >= 0.6 is 30.4 Å². The maximum absolute atomic E-state index is 11.8. The third-order valence-corrected chi connectivity index (χ3v) is 9.30. The Hall–Kier alpha value is 0.560. The highest BCUT2D eigenvalue weighted by Crippen LogP contribution is 2.65. The van der Waals surface area contributed by atoms with Gasteiger partial charge in [-0.1, -0.05) is 6.92 Å². The second-order valence-corrected chi connectivity index (χ2v) is 11.9. The summed E-state index contributed by atoms with van der Waals surface area (Å²) in [5.74, 6) is 0. The summed E-state index contributed by atoms with van der Waals surface area (Å²) in [6.07, 6.45) is 0.166. The summed E-state index contributed by atoms with van der Waals surface area (Å²) < 4.78 is 49.5. The monoisotopic (exact) mass is 407 g/mol. The zero-order chi connectivity index (χ0) is 18.0. The normalized spacial score (nSPS) is 18.2.